The number of carboxylic acid groups (broad SMARTS) is 1. The van der Waals surface area contributed by atoms with Gasteiger partial charge in [0, 0.05) is 11.8 Å². The van der Waals surface area contributed by atoms with Gasteiger partial charge in [-0.1, -0.05) is 12.1 Å². The summed E-state index contributed by atoms with van der Waals surface area (Å²) >= 11 is 0. The number of hydrogen-bond donors (Lipinski definition) is 3. The largest absolute Gasteiger partial charge is 0.478 e. The lowest BCUT2D eigenvalue weighted by Gasteiger charge is -2.22. The Morgan fingerprint density at radius 1 is 1.14 bits per heavy atom. The van der Waals surface area contributed by atoms with Crippen molar-refractivity contribution in [2.45, 2.75) is 12.7 Å². The van der Waals surface area contributed by atoms with Gasteiger partial charge in [0.25, 0.3) is 0 Å². The SMILES string of the molecule is O=C(O)c1ccncc1NC1NN(Cc2ccc(F)cc2)c2ccc(F)cc21. The molecule has 0 radical (unpaired) electrons. The minimum absolute atomic E-state index is 0.0618. The van der Waals surface area contributed by atoms with E-state index in [2.05, 4.69) is 15.7 Å². The topological polar surface area (TPSA) is 77.5 Å². The van der Waals surface area contributed by atoms with Gasteiger partial charge in [0.15, 0.2) is 0 Å². The highest BCUT2D eigenvalue weighted by molar-refractivity contribution is 5.94. The van der Waals surface area contributed by atoms with Crippen molar-refractivity contribution in [3.05, 3.63) is 89.2 Å². The number of benzene rings is 2. The fraction of sp³-hybridized carbons (Fsp3) is 0.100. The normalized spacial score (nSPS) is 15.4. The second-order valence-electron chi connectivity index (χ2n) is 6.35. The number of rotatable bonds is 5. The summed E-state index contributed by atoms with van der Waals surface area (Å²) in [5.41, 5.74) is 5.80. The lowest BCUT2D eigenvalue weighted by Crippen LogP contribution is -2.36. The zero-order chi connectivity index (χ0) is 19.7. The van der Waals surface area contributed by atoms with Crippen LogP contribution in [0.5, 0.6) is 0 Å². The standard InChI is InChI=1S/C20H16F2N4O2/c21-13-3-1-12(2-4-13)11-26-18-6-5-14(22)9-16(18)19(25-26)24-17-10-23-8-7-15(17)20(27)28/h1-10,19,24-25H,11H2,(H,27,28). The molecule has 1 aliphatic heterocycles. The first kappa shape index (κ1) is 17.9. The van der Waals surface area contributed by atoms with E-state index in [0.29, 0.717) is 17.8 Å². The Morgan fingerprint density at radius 2 is 1.89 bits per heavy atom. The van der Waals surface area contributed by atoms with E-state index in [0.717, 1.165) is 11.3 Å². The molecule has 1 unspecified atom stereocenters. The van der Waals surface area contributed by atoms with Crippen molar-refractivity contribution in [1.29, 1.82) is 0 Å². The quantitative estimate of drug-likeness (QED) is 0.625. The van der Waals surface area contributed by atoms with Crippen molar-refractivity contribution in [2.24, 2.45) is 0 Å². The van der Waals surface area contributed by atoms with Gasteiger partial charge in [-0.25, -0.2) is 19.0 Å². The minimum Gasteiger partial charge on any atom is -0.478 e. The predicted octanol–water partition coefficient (Wildman–Crippen LogP) is 3.69. The first-order valence-corrected chi connectivity index (χ1v) is 8.53. The Balaban J connectivity index is 1.64. The summed E-state index contributed by atoms with van der Waals surface area (Å²) in [5, 5.41) is 14.2. The van der Waals surface area contributed by atoms with Crippen molar-refractivity contribution in [2.75, 3.05) is 10.3 Å². The summed E-state index contributed by atoms with van der Waals surface area (Å²) in [6.07, 6.45) is 2.24. The van der Waals surface area contributed by atoms with Crippen LogP contribution in [0, 0.1) is 11.6 Å². The van der Waals surface area contributed by atoms with E-state index >= 15 is 0 Å². The predicted molar refractivity (Wildman–Crippen MR) is 99.7 cm³/mol. The summed E-state index contributed by atoms with van der Waals surface area (Å²) in [6.45, 7) is 0.413. The third-order valence-corrected chi connectivity index (χ3v) is 4.48. The summed E-state index contributed by atoms with van der Waals surface area (Å²) in [7, 11) is 0. The molecule has 0 fully saturated rings. The first-order chi connectivity index (χ1) is 13.5. The molecule has 1 aliphatic rings. The summed E-state index contributed by atoms with van der Waals surface area (Å²) in [5.74, 6) is -1.82. The highest BCUT2D eigenvalue weighted by Crippen LogP contribution is 2.35. The Hall–Kier alpha value is -3.52. The third-order valence-electron chi connectivity index (χ3n) is 4.48. The molecule has 2 aromatic carbocycles. The van der Waals surface area contributed by atoms with E-state index < -0.39 is 18.0 Å². The molecule has 142 valence electrons. The summed E-state index contributed by atoms with van der Waals surface area (Å²) in [6, 6.07) is 11.9. The lowest BCUT2D eigenvalue weighted by molar-refractivity contribution is 0.0697. The molecule has 0 saturated carbocycles. The molecule has 0 spiro atoms. The molecule has 6 nitrogen and oxygen atoms in total. The molecule has 8 heteroatoms. The van der Waals surface area contributed by atoms with Crippen LogP contribution in [0.1, 0.15) is 27.7 Å². The maximum Gasteiger partial charge on any atom is 0.337 e. The molecule has 1 aromatic heterocycles. The molecule has 3 aromatic rings. The van der Waals surface area contributed by atoms with E-state index in [9.17, 15) is 18.7 Å². The maximum absolute atomic E-state index is 13.9. The van der Waals surface area contributed by atoms with Crippen molar-refractivity contribution in [3.8, 4) is 0 Å². The number of anilines is 2. The van der Waals surface area contributed by atoms with E-state index in [4.69, 9.17) is 0 Å². The van der Waals surface area contributed by atoms with Crippen LogP contribution in [0.25, 0.3) is 0 Å². The number of fused-ring (bicyclic) bond motifs is 1. The zero-order valence-corrected chi connectivity index (χ0v) is 14.6. The van der Waals surface area contributed by atoms with Crippen molar-refractivity contribution in [3.63, 3.8) is 0 Å². The Kier molecular flexibility index (Phi) is 4.62. The van der Waals surface area contributed by atoms with Crippen LogP contribution in [0.15, 0.2) is 60.9 Å². The number of carbonyl (C=O) groups is 1. The number of hydrazine groups is 1. The first-order valence-electron chi connectivity index (χ1n) is 8.53. The van der Waals surface area contributed by atoms with E-state index in [1.807, 2.05) is 0 Å². The van der Waals surface area contributed by atoms with Crippen molar-refractivity contribution < 1.29 is 18.7 Å². The van der Waals surface area contributed by atoms with E-state index in [-0.39, 0.29) is 11.4 Å². The molecule has 0 amide bonds. The van der Waals surface area contributed by atoms with Gasteiger partial charge in [-0.3, -0.25) is 4.98 Å². The van der Waals surface area contributed by atoms with Gasteiger partial charge in [0.1, 0.15) is 17.8 Å². The number of nitrogens with one attached hydrogen (secondary N) is 2. The van der Waals surface area contributed by atoms with Crippen molar-refractivity contribution >= 4 is 17.3 Å². The lowest BCUT2D eigenvalue weighted by atomic mass is 10.1. The van der Waals surface area contributed by atoms with Gasteiger partial charge >= 0.3 is 5.97 Å². The highest BCUT2D eigenvalue weighted by atomic mass is 19.1. The number of hydrogen-bond acceptors (Lipinski definition) is 5. The van der Waals surface area contributed by atoms with Gasteiger partial charge in [-0.15, -0.1) is 0 Å². The smallest absolute Gasteiger partial charge is 0.337 e. The Labute approximate surface area is 159 Å². The van der Waals surface area contributed by atoms with Crippen LogP contribution in [0.2, 0.25) is 0 Å². The zero-order valence-electron chi connectivity index (χ0n) is 14.6. The number of nitrogens with zero attached hydrogens (tertiary/aromatic N) is 2. The molecule has 0 aliphatic carbocycles. The van der Waals surface area contributed by atoms with Crippen LogP contribution < -0.4 is 15.8 Å². The molecule has 0 bridgehead atoms. The van der Waals surface area contributed by atoms with Crippen molar-refractivity contribution in [1.82, 2.24) is 10.4 Å². The minimum atomic E-state index is -1.09. The summed E-state index contributed by atoms with van der Waals surface area (Å²) in [4.78, 5) is 15.4. The van der Waals surface area contributed by atoms with Crippen LogP contribution in [-0.2, 0) is 6.54 Å². The van der Waals surface area contributed by atoms with Gasteiger partial charge in [0.05, 0.1) is 29.7 Å². The average Bonchev–Trinajstić information content (AvgIpc) is 3.00. The fourth-order valence-corrected chi connectivity index (χ4v) is 3.16. The van der Waals surface area contributed by atoms with Gasteiger partial charge in [-0.2, -0.15) is 0 Å². The summed E-state index contributed by atoms with van der Waals surface area (Å²) < 4.78 is 27.0. The number of pyridine rings is 1. The van der Waals surface area contributed by atoms with E-state index in [1.54, 1.807) is 23.2 Å². The average molecular weight is 382 g/mol. The molecule has 0 saturated heterocycles. The van der Waals surface area contributed by atoms with E-state index in [1.165, 1.54) is 42.7 Å². The van der Waals surface area contributed by atoms with Gasteiger partial charge in [0.2, 0.25) is 0 Å². The monoisotopic (exact) mass is 382 g/mol. The molecular formula is C20H16F2N4O2. The highest BCUT2D eigenvalue weighted by Gasteiger charge is 2.29. The van der Waals surface area contributed by atoms with Gasteiger partial charge in [-0.05, 0) is 42.0 Å². The van der Waals surface area contributed by atoms with Crippen LogP contribution in [0.4, 0.5) is 20.2 Å². The third kappa shape index (κ3) is 3.49. The molecule has 1 atom stereocenters. The Bertz CT molecular complexity index is 1030. The molecule has 3 N–H and O–H groups in total. The molecule has 4 rings (SSSR count). The van der Waals surface area contributed by atoms with Crippen LogP contribution in [0.3, 0.4) is 0 Å². The number of carboxylic acids is 1. The number of halogens is 2. The maximum atomic E-state index is 13.9. The Morgan fingerprint density at radius 3 is 2.64 bits per heavy atom. The van der Waals surface area contributed by atoms with Crippen LogP contribution >= 0.6 is 0 Å². The van der Waals surface area contributed by atoms with Gasteiger partial charge < -0.3 is 15.4 Å². The fourth-order valence-electron chi connectivity index (χ4n) is 3.16. The second kappa shape index (κ2) is 7.24. The van der Waals surface area contributed by atoms with Crippen LogP contribution in [-0.4, -0.2) is 16.1 Å². The number of aromatic nitrogens is 1. The second-order valence-corrected chi connectivity index (χ2v) is 6.35. The molecular weight excluding hydrogens is 366 g/mol. The molecule has 28 heavy (non-hydrogen) atoms. The number of aromatic carboxylic acids is 1. The molecule has 2 heterocycles.